The minimum absolute atomic E-state index is 0.718. The first-order valence-electron chi connectivity index (χ1n) is 3.60. The summed E-state index contributed by atoms with van der Waals surface area (Å²) in [5.41, 5.74) is 6.14. The van der Waals surface area contributed by atoms with E-state index in [1.807, 2.05) is 19.1 Å². The second kappa shape index (κ2) is 2.73. The maximum atomic E-state index is 4.18. The molecule has 0 amide bonds. The lowest BCUT2D eigenvalue weighted by atomic mass is 10.2. The molecular formula is C8H7N4. The maximum Gasteiger partial charge on any atom is 0.133 e. The zero-order valence-electron chi connectivity index (χ0n) is 6.60. The van der Waals surface area contributed by atoms with E-state index < -0.39 is 0 Å². The molecule has 2 heterocycles. The highest BCUT2D eigenvalue weighted by Crippen LogP contribution is 2.01. The van der Waals surface area contributed by atoms with Crippen LogP contribution in [0.15, 0.2) is 28.5 Å². The summed E-state index contributed by atoms with van der Waals surface area (Å²) in [5, 5.41) is 7.41. The molecule has 1 aliphatic heterocycles. The molecule has 1 aliphatic rings. The minimum atomic E-state index is 0.718. The van der Waals surface area contributed by atoms with Crippen LogP contribution in [-0.4, -0.2) is 16.9 Å². The van der Waals surface area contributed by atoms with Crippen molar-refractivity contribution < 1.29 is 0 Å². The molecule has 4 heteroatoms. The van der Waals surface area contributed by atoms with E-state index in [0.717, 1.165) is 17.0 Å². The smallest absolute Gasteiger partial charge is 0.133 e. The third kappa shape index (κ3) is 1.18. The molecule has 0 atom stereocenters. The molecule has 0 aromatic carbocycles. The van der Waals surface area contributed by atoms with Crippen LogP contribution in [0.5, 0.6) is 0 Å². The fourth-order valence-electron chi connectivity index (χ4n) is 0.917. The standard InChI is InChI=1S/C8H7N4/c1-6-2-3-7(9-4-6)8-5-10-12-11-8/h2-5H,1H3. The second-order valence-corrected chi connectivity index (χ2v) is 2.54. The van der Waals surface area contributed by atoms with Crippen LogP contribution >= 0.6 is 0 Å². The zero-order chi connectivity index (χ0) is 8.39. The summed E-state index contributed by atoms with van der Waals surface area (Å²) in [7, 11) is 0. The molecule has 0 spiro atoms. The second-order valence-electron chi connectivity index (χ2n) is 2.54. The maximum absolute atomic E-state index is 4.18. The van der Waals surface area contributed by atoms with Crippen LogP contribution in [-0.2, 0) is 0 Å². The van der Waals surface area contributed by atoms with E-state index in [1.165, 1.54) is 0 Å². The molecule has 1 radical (unpaired) electrons. The molecule has 1 aromatic rings. The molecule has 12 heavy (non-hydrogen) atoms. The van der Waals surface area contributed by atoms with Crippen molar-refractivity contribution in [1.82, 2.24) is 10.5 Å². The SMILES string of the molecule is Cc1ccc(C2=N[N]N=C2)nc1. The van der Waals surface area contributed by atoms with Gasteiger partial charge in [-0.1, -0.05) is 6.07 Å². The molecule has 0 saturated heterocycles. The third-order valence-electron chi connectivity index (χ3n) is 1.56. The Morgan fingerprint density at radius 3 is 2.75 bits per heavy atom. The number of rotatable bonds is 1. The van der Waals surface area contributed by atoms with Crippen molar-refractivity contribution in [3.63, 3.8) is 0 Å². The van der Waals surface area contributed by atoms with Crippen LogP contribution in [0.3, 0.4) is 0 Å². The minimum Gasteiger partial charge on any atom is -0.254 e. The average Bonchev–Trinajstić information content (AvgIpc) is 2.58. The predicted molar refractivity (Wildman–Crippen MR) is 46.1 cm³/mol. The van der Waals surface area contributed by atoms with Crippen molar-refractivity contribution in [2.75, 3.05) is 0 Å². The van der Waals surface area contributed by atoms with E-state index in [1.54, 1.807) is 12.4 Å². The monoisotopic (exact) mass is 159 g/mol. The van der Waals surface area contributed by atoms with Crippen LogP contribution in [0, 0.1) is 6.92 Å². The van der Waals surface area contributed by atoms with Gasteiger partial charge in [-0.15, -0.1) is 10.2 Å². The lowest BCUT2D eigenvalue weighted by molar-refractivity contribution is 0.813. The summed E-state index contributed by atoms with van der Waals surface area (Å²) in [5.74, 6) is 0. The zero-order valence-corrected chi connectivity index (χ0v) is 6.60. The van der Waals surface area contributed by atoms with E-state index in [2.05, 4.69) is 20.7 Å². The predicted octanol–water partition coefficient (Wildman–Crippen LogP) is 0.698. The summed E-state index contributed by atoms with van der Waals surface area (Å²) < 4.78 is 0. The summed E-state index contributed by atoms with van der Waals surface area (Å²) in [4.78, 5) is 4.18. The summed E-state index contributed by atoms with van der Waals surface area (Å²) in [6.07, 6.45) is 3.39. The summed E-state index contributed by atoms with van der Waals surface area (Å²) in [6.45, 7) is 1.99. The van der Waals surface area contributed by atoms with Crippen molar-refractivity contribution in [2.24, 2.45) is 10.2 Å². The molecule has 0 unspecified atom stereocenters. The van der Waals surface area contributed by atoms with Gasteiger partial charge in [0, 0.05) is 6.20 Å². The van der Waals surface area contributed by atoms with Gasteiger partial charge in [0.25, 0.3) is 0 Å². The van der Waals surface area contributed by atoms with Gasteiger partial charge in [0.05, 0.1) is 11.9 Å². The van der Waals surface area contributed by atoms with Crippen LogP contribution in [0.4, 0.5) is 0 Å². The van der Waals surface area contributed by atoms with Crippen molar-refractivity contribution >= 4 is 11.9 Å². The molecular weight excluding hydrogens is 152 g/mol. The Morgan fingerprint density at radius 1 is 1.25 bits per heavy atom. The molecule has 2 rings (SSSR count). The Balaban J connectivity index is 2.35. The first-order valence-corrected chi connectivity index (χ1v) is 3.60. The highest BCUT2D eigenvalue weighted by Gasteiger charge is 2.05. The number of pyridine rings is 1. The van der Waals surface area contributed by atoms with Gasteiger partial charge in [-0.2, -0.15) is 0 Å². The first-order chi connectivity index (χ1) is 5.86. The van der Waals surface area contributed by atoms with Gasteiger partial charge in [0.15, 0.2) is 0 Å². The topological polar surface area (TPSA) is 51.7 Å². The lowest BCUT2D eigenvalue weighted by Crippen LogP contribution is -2.01. The molecule has 0 saturated carbocycles. The van der Waals surface area contributed by atoms with E-state index >= 15 is 0 Å². The van der Waals surface area contributed by atoms with E-state index in [0.29, 0.717) is 0 Å². The van der Waals surface area contributed by atoms with Crippen LogP contribution in [0.1, 0.15) is 11.3 Å². The Morgan fingerprint density at radius 2 is 2.17 bits per heavy atom. The molecule has 0 bridgehead atoms. The first kappa shape index (κ1) is 6.97. The quantitative estimate of drug-likeness (QED) is 0.595. The van der Waals surface area contributed by atoms with Crippen LogP contribution < -0.4 is 5.53 Å². The van der Waals surface area contributed by atoms with Gasteiger partial charge < -0.3 is 0 Å². The summed E-state index contributed by atoms with van der Waals surface area (Å²) >= 11 is 0. The van der Waals surface area contributed by atoms with Crippen molar-refractivity contribution in [3.05, 3.63) is 29.6 Å². The van der Waals surface area contributed by atoms with E-state index in [4.69, 9.17) is 0 Å². The van der Waals surface area contributed by atoms with Gasteiger partial charge in [-0.05, 0) is 24.1 Å². The van der Waals surface area contributed by atoms with Crippen LogP contribution in [0.2, 0.25) is 0 Å². The lowest BCUT2D eigenvalue weighted by Gasteiger charge is -1.94. The fraction of sp³-hybridized carbons (Fsp3) is 0.125. The van der Waals surface area contributed by atoms with Crippen LogP contribution in [0.25, 0.3) is 0 Å². The molecule has 0 aliphatic carbocycles. The van der Waals surface area contributed by atoms with Gasteiger partial charge in [0.1, 0.15) is 5.71 Å². The Hall–Kier alpha value is -1.71. The Kier molecular flexibility index (Phi) is 1.59. The van der Waals surface area contributed by atoms with Crippen molar-refractivity contribution in [1.29, 1.82) is 0 Å². The average molecular weight is 159 g/mol. The number of hydrogen-bond donors (Lipinski definition) is 0. The highest BCUT2D eigenvalue weighted by molar-refractivity contribution is 6.38. The van der Waals surface area contributed by atoms with Gasteiger partial charge in [-0.25, -0.2) is 0 Å². The Bertz CT molecular complexity index is 337. The Labute approximate surface area is 70.0 Å². The van der Waals surface area contributed by atoms with E-state index in [-0.39, 0.29) is 0 Å². The number of hydrogen-bond acceptors (Lipinski definition) is 3. The van der Waals surface area contributed by atoms with Gasteiger partial charge in [-0.3, -0.25) is 4.98 Å². The van der Waals surface area contributed by atoms with Crippen molar-refractivity contribution in [2.45, 2.75) is 6.92 Å². The van der Waals surface area contributed by atoms with E-state index in [9.17, 15) is 0 Å². The number of nitrogens with zero attached hydrogens (tertiary/aromatic N) is 4. The molecule has 1 aromatic heterocycles. The molecule has 4 nitrogen and oxygen atoms in total. The molecule has 59 valence electrons. The number of aromatic nitrogens is 1. The third-order valence-corrected chi connectivity index (χ3v) is 1.56. The summed E-state index contributed by atoms with van der Waals surface area (Å²) in [6, 6.07) is 3.89. The highest BCUT2D eigenvalue weighted by atomic mass is 15.5. The number of aryl methyl sites for hydroxylation is 1. The fourth-order valence-corrected chi connectivity index (χ4v) is 0.917. The largest absolute Gasteiger partial charge is 0.254 e. The van der Waals surface area contributed by atoms with Crippen molar-refractivity contribution in [3.8, 4) is 0 Å². The normalized spacial score (nSPS) is 14.2. The van der Waals surface area contributed by atoms with Gasteiger partial charge in [0.2, 0.25) is 0 Å². The molecule has 0 fully saturated rings. The van der Waals surface area contributed by atoms with Gasteiger partial charge >= 0.3 is 0 Å². The molecule has 0 N–H and O–H groups in total.